The molecule has 3 heteroatoms. The van der Waals surface area contributed by atoms with Gasteiger partial charge in [0.15, 0.2) is 0 Å². The van der Waals surface area contributed by atoms with E-state index in [1.165, 1.54) is 25.7 Å². The molecule has 1 aliphatic heterocycles. The van der Waals surface area contributed by atoms with Gasteiger partial charge in [-0.3, -0.25) is 4.79 Å². The Kier molecular flexibility index (Phi) is 2.05. The van der Waals surface area contributed by atoms with Crippen LogP contribution < -0.4 is 5.32 Å². The lowest BCUT2D eigenvalue weighted by atomic mass is 9.85. The zero-order valence-corrected chi connectivity index (χ0v) is 7.12. The number of carboxylic acid groups (broad SMARTS) is 1. The molecule has 0 aromatic rings. The van der Waals surface area contributed by atoms with E-state index in [0.717, 1.165) is 6.42 Å². The fourth-order valence-corrected chi connectivity index (χ4v) is 2.51. The van der Waals surface area contributed by atoms with Gasteiger partial charge in [0.1, 0.15) is 6.04 Å². The van der Waals surface area contributed by atoms with E-state index < -0.39 is 5.97 Å². The normalized spacial score (nSPS) is 40.8. The van der Waals surface area contributed by atoms with E-state index >= 15 is 0 Å². The highest BCUT2D eigenvalue weighted by Crippen LogP contribution is 2.32. The van der Waals surface area contributed by atoms with E-state index in [1.54, 1.807) is 0 Å². The van der Waals surface area contributed by atoms with Gasteiger partial charge in [-0.15, -0.1) is 0 Å². The third-order valence-electron chi connectivity index (χ3n) is 3.16. The Morgan fingerprint density at radius 3 is 2.75 bits per heavy atom. The second-order valence-electron chi connectivity index (χ2n) is 3.94. The van der Waals surface area contributed by atoms with Gasteiger partial charge >= 0.3 is 5.97 Å². The molecule has 2 rings (SSSR count). The van der Waals surface area contributed by atoms with E-state index in [9.17, 15) is 4.79 Å². The molecule has 68 valence electrons. The summed E-state index contributed by atoms with van der Waals surface area (Å²) in [5.41, 5.74) is 0. The third kappa shape index (κ3) is 1.33. The van der Waals surface area contributed by atoms with Crippen LogP contribution in [0.1, 0.15) is 32.1 Å². The molecule has 2 unspecified atom stereocenters. The largest absolute Gasteiger partial charge is 0.480 e. The standard InChI is InChI=1S/C9H15NO2/c11-9(12)8-5-6-3-1-2-4-7(6)10-8/h6-8,10H,1-5H2,(H,11,12)/t6-,7?,8?/m1/s1. The highest BCUT2D eigenvalue weighted by molar-refractivity contribution is 5.74. The van der Waals surface area contributed by atoms with Crippen LogP contribution in [0.5, 0.6) is 0 Å². The Balaban J connectivity index is 1.98. The first-order valence-corrected chi connectivity index (χ1v) is 4.76. The molecule has 1 heterocycles. The Morgan fingerprint density at radius 2 is 2.08 bits per heavy atom. The summed E-state index contributed by atoms with van der Waals surface area (Å²) in [7, 11) is 0. The lowest BCUT2D eigenvalue weighted by Gasteiger charge is -2.24. The molecule has 1 saturated heterocycles. The van der Waals surface area contributed by atoms with E-state index in [-0.39, 0.29) is 6.04 Å². The van der Waals surface area contributed by atoms with Crippen LogP contribution in [0.15, 0.2) is 0 Å². The lowest BCUT2D eigenvalue weighted by molar-refractivity contribution is -0.139. The van der Waals surface area contributed by atoms with Crippen LogP contribution in [-0.4, -0.2) is 23.2 Å². The van der Waals surface area contributed by atoms with Crippen molar-refractivity contribution in [1.29, 1.82) is 0 Å². The molecule has 2 N–H and O–H groups in total. The number of hydrogen-bond donors (Lipinski definition) is 2. The average Bonchev–Trinajstić information content (AvgIpc) is 2.46. The van der Waals surface area contributed by atoms with E-state index in [0.29, 0.717) is 12.0 Å². The topological polar surface area (TPSA) is 49.3 Å². The molecule has 0 spiro atoms. The van der Waals surface area contributed by atoms with Crippen molar-refractivity contribution in [1.82, 2.24) is 5.32 Å². The Bertz CT molecular complexity index is 179. The highest BCUT2D eigenvalue weighted by atomic mass is 16.4. The fourth-order valence-electron chi connectivity index (χ4n) is 2.51. The summed E-state index contributed by atoms with van der Waals surface area (Å²) in [4.78, 5) is 10.7. The average molecular weight is 169 g/mol. The van der Waals surface area contributed by atoms with Gasteiger partial charge in [0.2, 0.25) is 0 Å². The van der Waals surface area contributed by atoms with Crippen molar-refractivity contribution in [2.24, 2.45) is 5.92 Å². The number of carboxylic acids is 1. The van der Waals surface area contributed by atoms with Gasteiger partial charge in [0, 0.05) is 6.04 Å². The third-order valence-corrected chi connectivity index (χ3v) is 3.16. The van der Waals surface area contributed by atoms with Crippen molar-refractivity contribution in [3.63, 3.8) is 0 Å². The molecule has 0 bridgehead atoms. The van der Waals surface area contributed by atoms with Gasteiger partial charge in [-0.25, -0.2) is 0 Å². The summed E-state index contributed by atoms with van der Waals surface area (Å²) in [6.45, 7) is 0. The van der Waals surface area contributed by atoms with Crippen LogP contribution in [-0.2, 0) is 4.79 Å². The molecule has 0 radical (unpaired) electrons. The van der Waals surface area contributed by atoms with Crippen LogP contribution in [0.4, 0.5) is 0 Å². The number of fused-ring (bicyclic) bond motifs is 1. The van der Waals surface area contributed by atoms with Gasteiger partial charge in [-0.05, 0) is 25.2 Å². The Hall–Kier alpha value is -0.570. The minimum Gasteiger partial charge on any atom is -0.480 e. The first kappa shape index (κ1) is 8.05. The fraction of sp³-hybridized carbons (Fsp3) is 0.889. The summed E-state index contributed by atoms with van der Waals surface area (Å²) in [5, 5.41) is 12.0. The second-order valence-corrected chi connectivity index (χ2v) is 3.94. The molecular formula is C9H15NO2. The molecule has 3 atom stereocenters. The molecule has 2 fully saturated rings. The summed E-state index contributed by atoms with van der Waals surface area (Å²) in [6.07, 6.45) is 5.80. The number of nitrogens with one attached hydrogen (secondary N) is 1. The Labute approximate surface area is 72.2 Å². The number of rotatable bonds is 1. The lowest BCUT2D eigenvalue weighted by Crippen LogP contribution is -2.36. The van der Waals surface area contributed by atoms with Gasteiger partial charge in [0.25, 0.3) is 0 Å². The zero-order chi connectivity index (χ0) is 8.55. The summed E-state index contributed by atoms with van der Waals surface area (Å²) < 4.78 is 0. The minimum absolute atomic E-state index is 0.266. The molecule has 0 aromatic carbocycles. The molecule has 12 heavy (non-hydrogen) atoms. The highest BCUT2D eigenvalue weighted by Gasteiger charge is 2.37. The second kappa shape index (κ2) is 3.05. The molecule has 1 saturated carbocycles. The van der Waals surface area contributed by atoms with Crippen molar-refractivity contribution < 1.29 is 9.90 Å². The van der Waals surface area contributed by atoms with E-state index in [2.05, 4.69) is 5.32 Å². The maximum absolute atomic E-state index is 10.7. The molecule has 3 nitrogen and oxygen atoms in total. The predicted octanol–water partition coefficient (Wildman–Crippen LogP) is 0.992. The Morgan fingerprint density at radius 1 is 1.33 bits per heavy atom. The van der Waals surface area contributed by atoms with Crippen LogP contribution in [0.2, 0.25) is 0 Å². The molecule has 2 aliphatic rings. The molecule has 1 aliphatic carbocycles. The zero-order valence-electron chi connectivity index (χ0n) is 7.12. The van der Waals surface area contributed by atoms with Crippen LogP contribution in [0.3, 0.4) is 0 Å². The predicted molar refractivity (Wildman–Crippen MR) is 44.9 cm³/mol. The van der Waals surface area contributed by atoms with Crippen molar-refractivity contribution in [2.45, 2.75) is 44.2 Å². The van der Waals surface area contributed by atoms with Gasteiger partial charge in [-0.1, -0.05) is 12.8 Å². The quantitative estimate of drug-likeness (QED) is 0.615. The molecular weight excluding hydrogens is 154 g/mol. The summed E-state index contributed by atoms with van der Waals surface area (Å²) in [5.74, 6) is -0.0377. The first-order chi connectivity index (χ1) is 5.77. The maximum Gasteiger partial charge on any atom is 0.320 e. The van der Waals surface area contributed by atoms with Crippen molar-refractivity contribution in [3.8, 4) is 0 Å². The van der Waals surface area contributed by atoms with E-state index in [1.807, 2.05) is 0 Å². The van der Waals surface area contributed by atoms with Crippen LogP contribution in [0.25, 0.3) is 0 Å². The van der Waals surface area contributed by atoms with Crippen LogP contribution in [0, 0.1) is 5.92 Å². The summed E-state index contributed by atoms with van der Waals surface area (Å²) >= 11 is 0. The molecule has 0 aromatic heterocycles. The van der Waals surface area contributed by atoms with Gasteiger partial charge < -0.3 is 10.4 Å². The first-order valence-electron chi connectivity index (χ1n) is 4.76. The van der Waals surface area contributed by atoms with Gasteiger partial charge in [0.05, 0.1) is 0 Å². The van der Waals surface area contributed by atoms with Crippen molar-refractivity contribution >= 4 is 5.97 Å². The maximum atomic E-state index is 10.7. The molecule has 0 amide bonds. The summed E-state index contributed by atoms with van der Waals surface area (Å²) in [6, 6.07) is 0.234. The van der Waals surface area contributed by atoms with Gasteiger partial charge in [-0.2, -0.15) is 0 Å². The SMILES string of the molecule is O=C(O)C1C[C@H]2CCCCC2N1. The number of aliphatic carboxylic acids is 1. The monoisotopic (exact) mass is 169 g/mol. The number of carbonyl (C=O) groups is 1. The smallest absolute Gasteiger partial charge is 0.320 e. The van der Waals surface area contributed by atoms with E-state index in [4.69, 9.17) is 5.11 Å². The van der Waals surface area contributed by atoms with Crippen molar-refractivity contribution in [3.05, 3.63) is 0 Å². The minimum atomic E-state index is -0.676. The van der Waals surface area contributed by atoms with Crippen molar-refractivity contribution in [2.75, 3.05) is 0 Å². The van der Waals surface area contributed by atoms with Crippen LogP contribution >= 0.6 is 0 Å². The number of hydrogen-bond acceptors (Lipinski definition) is 2.